The lowest BCUT2D eigenvalue weighted by molar-refractivity contribution is -0.118. The number of hydrogen-bond acceptors (Lipinski definition) is 2. The fourth-order valence-corrected chi connectivity index (χ4v) is 2.51. The molecule has 0 heterocycles. The number of hydrogen-bond donors (Lipinski definition) is 2. The maximum Gasteiger partial charge on any atom is 0.261 e. The zero-order valence-corrected chi connectivity index (χ0v) is 15.3. The van der Waals surface area contributed by atoms with E-state index < -0.39 is 40.7 Å². The van der Waals surface area contributed by atoms with Gasteiger partial charge in [-0.05, 0) is 48.0 Å². The monoisotopic (exact) mass is 414 g/mol. The summed E-state index contributed by atoms with van der Waals surface area (Å²) in [5.41, 5.74) is -0.974. The van der Waals surface area contributed by atoms with Crippen LogP contribution in [0.1, 0.15) is 5.56 Å². The second kappa shape index (κ2) is 9.04. The molecule has 0 bridgehead atoms. The highest BCUT2D eigenvalue weighted by Crippen LogP contribution is 2.19. The minimum atomic E-state index is -1.19. The van der Waals surface area contributed by atoms with Gasteiger partial charge in [0.1, 0.15) is 17.2 Å². The van der Waals surface area contributed by atoms with E-state index in [4.69, 9.17) is 0 Å². The number of carbonyl (C=O) groups excluding carboxylic acids is 2. The maximum atomic E-state index is 13.9. The Hall–Kier alpha value is -3.94. The number of para-hydroxylation sites is 2. The minimum absolute atomic E-state index is 0.00346. The molecule has 2 amide bonds. The molecule has 3 rings (SSSR count). The molecular weight excluding hydrogens is 400 g/mol. The molecule has 0 unspecified atom stereocenters. The van der Waals surface area contributed by atoms with E-state index in [0.29, 0.717) is 0 Å². The van der Waals surface area contributed by atoms with Gasteiger partial charge >= 0.3 is 0 Å². The van der Waals surface area contributed by atoms with Crippen molar-refractivity contribution in [1.29, 1.82) is 0 Å². The van der Waals surface area contributed by atoms with Crippen molar-refractivity contribution < 1.29 is 27.2 Å². The number of benzene rings is 3. The van der Waals surface area contributed by atoms with Crippen molar-refractivity contribution in [3.05, 3.63) is 101 Å². The van der Waals surface area contributed by atoms with E-state index in [2.05, 4.69) is 10.6 Å². The van der Waals surface area contributed by atoms with Gasteiger partial charge in [0.25, 0.3) is 11.8 Å². The van der Waals surface area contributed by atoms with Gasteiger partial charge in [-0.2, -0.15) is 0 Å². The molecule has 0 radical (unpaired) electrons. The van der Waals surface area contributed by atoms with Crippen LogP contribution in [-0.4, -0.2) is 11.8 Å². The number of carbonyl (C=O) groups is 2. The predicted molar refractivity (Wildman–Crippen MR) is 104 cm³/mol. The van der Waals surface area contributed by atoms with Crippen LogP contribution in [0.3, 0.4) is 0 Å². The van der Waals surface area contributed by atoms with Crippen molar-refractivity contribution in [1.82, 2.24) is 0 Å². The van der Waals surface area contributed by atoms with E-state index in [-0.39, 0.29) is 16.9 Å². The first kappa shape index (κ1) is 20.8. The van der Waals surface area contributed by atoms with Crippen LogP contribution in [-0.2, 0) is 9.59 Å². The molecule has 0 aliphatic carbocycles. The third kappa shape index (κ3) is 4.91. The average Bonchev–Trinajstić information content (AvgIpc) is 2.72. The van der Waals surface area contributed by atoms with Gasteiger partial charge < -0.3 is 10.6 Å². The van der Waals surface area contributed by atoms with E-state index in [1.807, 2.05) is 0 Å². The SMILES string of the molecule is O=C(Nc1ccccc1F)C(=Cc1ccc(F)c(F)c1)C(=O)Nc1ccccc1F. The predicted octanol–water partition coefficient (Wildman–Crippen LogP) is 4.90. The molecule has 152 valence electrons. The normalized spacial score (nSPS) is 10.3. The van der Waals surface area contributed by atoms with E-state index >= 15 is 0 Å². The number of nitrogens with one attached hydrogen (secondary N) is 2. The summed E-state index contributed by atoms with van der Waals surface area (Å²) in [5.74, 6) is -5.84. The van der Waals surface area contributed by atoms with Crippen molar-refractivity contribution in [2.45, 2.75) is 0 Å². The summed E-state index contributed by atoms with van der Waals surface area (Å²) in [6, 6.07) is 13.3. The Morgan fingerprint density at radius 1 is 0.633 bits per heavy atom. The third-order valence-corrected chi connectivity index (χ3v) is 3.99. The van der Waals surface area contributed by atoms with E-state index in [1.54, 1.807) is 0 Å². The summed E-state index contributed by atoms with van der Waals surface area (Å²) < 4.78 is 54.4. The van der Waals surface area contributed by atoms with E-state index in [1.165, 1.54) is 36.4 Å². The summed E-state index contributed by atoms with van der Waals surface area (Å²) in [6.07, 6.45) is 0.981. The summed E-state index contributed by atoms with van der Waals surface area (Å²) in [7, 11) is 0. The summed E-state index contributed by atoms with van der Waals surface area (Å²) in [4.78, 5) is 25.3. The van der Waals surface area contributed by atoms with Gasteiger partial charge in [0, 0.05) is 0 Å². The minimum Gasteiger partial charge on any atom is -0.319 e. The number of rotatable bonds is 5. The molecule has 2 N–H and O–H groups in total. The van der Waals surface area contributed by atoms with Crippen LogP contribution in [0.15, 0.2) is 72.3 Å². The van der Waals surface area contributed by atoms with Gasteiger partial charge in [0.15, 0.2) is 11.6 Å². The summed E-state index contributed by atoms with van der Waals surface area (Å²) >= 11 is 0. The van der Waals surface area contributed by atoms with E-state index in [0.717, 1.165) is 36.4 Å². The van der Waals surface area contributed by atoms with Crippen molar-refractivity contribution in [3.8, 4) is 0 Å². The molecule has 3 aromatic rings. The quantitative estimate of drug-likeness (QED) is 0.270. The third-order valence-electron chi connectivity index (χ3n) is 3.99. The van der Waals surface area contributed by atoms with Crippen LogP contribution in [0, 0.1) is 23.3 Å². The van der Waals surface area contributed by atoms with Gasteiger partial charge in [-0.1, -0.05) is 30.3 Å². The summed E-state index contributed by atoms with van der Waals surface area (Å²) in [5, 5.41) is 4.47. The Morgan fingerprint density at radius 3 is 1.60 bits per heavy atom. The van der Waals surface area contributed by atoms with Crippen LogP contribution in [0.2, 0.25) is 0 Å². The lowest BCUT2D eigenvalue weighted by Gasteiger charge is -2.11. The molecule has 3 aromatic carbocycles. The molecule has 0 spiro atoms. The lowest BCUT2D eigenvalue weighted by Crippen LogP contribution is -2.26. The number of anilines is 2. The highest BCUT2D eigenvalue weighted by Gasteiger charge is 2.21. The van der Waals surface area contributed by atoms with Crippen molar-refractivity contribution in [2.24, 2.45) is 0 Å². The fraction of sp³-hybridized carbons (Fsp3) is 0. The first-order valence-corrected chi connectivity index (χ1v) is 8.63. The van der Waals surface area contributed by atoms with Crippen LogP contribution in [0.25, 0.3) is 6.08 Å². The first-order chi connectivity index (χ1) is 14.3. The smallest absolute Gasteiger partial charge is 0.261 e. The van der Waals surface area contributed by atoms with Crippen LogP contribution < -0.4 is 10.6 Å². The molecule has 0 saturated carbocycles. The van der Waals surface area contributed by atoms with Gasteiger partial charge in [0.2, 0.25) is 0 Å². The fourth-order valence-electron chi connectivity index (χ4n) is 2.51. The first-order valence-electron chi connectivity index (χ1n) is 8.63. The van der Waals surface area contributed by atoms with Crippen molar-refractivity contribution in [3.63, 3.8) is 0 Å². The largest absolute Gasteiger partial charge is 0.319 e. The second-order valence-corrected chi connectivity index (χ2v) is 6.10. The zero-order chi connectivity index (χ0) is 21.7. The molecular formula is C22H14F4N2O2. The topological polar surface area (TPSA) is 58.2 Å². The standard InChI is InChI=1S/C22H14F4N2O2/c23-15-10-9-13(12-18(15)26)11-14(21(29)27-19-7-3-1-5-16(19)24)22(30)28-20-8-4-2-6-17(20)25/h1-12H,(H,27,29)(H,28,30). The summed E-state index contributed by atoms with van der Waals surface area (Å²) in [6.45, 7) is 0. The van der Waals surface area contributed by atoms with Gasteiger partial charge in [-0.3, -0.25) is 9.59 Å². The Kier molecular flexibility index (Phi) is 6.26. The second-order valence-electron chi connectivity index (χ2n) is 6.10. The number of halogens is 4. The van der Waals surface area contributed by atoms with Crippen molar-refractivity contribution in [2.75, 3.05) is 10.6 Å². The zero-order valence-electron chi connectivity index (χ0n) is 15.3. The molecule has 0 aliphatic rings. The molecule has 8 heteroatoms. The number of amides is 2. The Labute approximate surface area is 168 Å². The van der Waals surface area contributed by atoms with Gasteiger partial charge in [-0.15, -0.1) is 0 Å². The Balaban J connectivity index is 1.97. The van der Waals surface area contributed by atoms with Crippen LogP contribution >= 0.6 is 0 Å². The van der Waals surface area contributed by atoms with Gasteiger partial charge in [0.05, 0.1) is 11.4 Å². The molecule has 4 nitrogen and oxygen atoms in total. The molecule has 0 aromatic heterocycles. The highest BCUT2D eigenvalue weighted by molar-refractivity contribution is 6.28. The van der Waals surface area contributed by atoms with Crippen LogP contribution in [0.5, 0.6) is 0 Å². The molecule has 0 atom stereocenters. The molecule has 0 saturated heterocycles. The molecule has 0 aliphatic heterocycles. The Morgan fingerprint density at radius 2 is 1.13 bits per heavy atom. The van der Waals surface area contributed by atoms with Crippen molar-refractivity contribution >= 4 is 29.3 Å². The average molecular weight is 414 g/mol. The van der Waals surface area contributed by atoms with Gasteiger partial charge in [-0.25, -0.2) is 17.6 Å². The molecule has 0 fully saturated rings. The Bertz CT molecular complexity index is 1080. The molecule has 30 heavy (non-hydrogen) atoms. The highest BCUT2D eigenvalue weighted by atomic mass is 19.2. The van der Waals surface area contributed by atoms with E-state index in [9.17, 15) is 27.2 Å². The lowest BCUT2D eigenvalue weighted by atomic mass is 10.1. The van der Waals surface area contributed by atoms with Crippen LogP contribution in [0.4, 0.5) is 28.9 Å². The maximum absolute atomic E-state index is 13.9.